The minimum atomic E-state index is -0.648. The van der Waals surface area contributed by atoms with E-state index in [0.717, 1.165) is 31.5 Å². The lowest BCUT2D eigenvalue weighted by Crippen LogP contribution is -2.52. The molecule has 2 heterocycles. The fourth-order valence-corrected chi connectivity index (χ4v) is 3.82. The summed E-state index contributed by atoms with van der Waals surface area (Å²) in [5.74, 6) is -0.658. The van der Waals surface area contributed by atoms with Crippen molar-refractivity contribution >= 4 is 45.7 Å². The predicted molar refractivity (Wildman–Crippen MR) is 109 cm³/mol. The summed E-state index contributed by atoms with van der Waals surface area (Å²) >= 11 is 0. The molecule has 2 aromatic rings. The minimum Gasteiger partial charge on any atom is -0.455 e. The molecule has 1 fully saturated rings. The molecule has 5 rings (SSSR count). The van der Waals surface area contributed by atoms with E-state index in [0.29, 0.717) is 16.9 Å². The number of amides is 4. The monoisotopic (exact) mass is 384 g/mol. The maximum absolute atomic E-state index is 12.7. The summed E-state index contributed by atoms with van der Waals surface area (Å²) in [7, 11) is 2.72. The number of rotatable bonds is 1. The molecule has 0 radical (unpaired) electrons. The predicted octanol–water partition coefficient (Wildman–Crippen LogP) is 4.12. The number of hydrogen-bond acceptors (Lipinski definition) is 4. The lowest BCUT2D eigenvalue weighted by molar-refractivity contribution is -0.134. The van der Waals surface area contributed by atoms with Crippen LogP contribution >= 0.6 is 0 Å². The van der Waals surface area contributed by atoms with E-state index in [-0.39, 0.29) is 5.57 Å². The van der Waals surface area contributed by atoms with Crippen molar-refractivity contribution in [3.8, 4) is 11.3 Å². The van der Waals surface area contributed by atoms with Gasteiger partial charge in [-0.1, -0.05) is 42.5 Å². The molecule has 1 saturated heterocycles. The Bertz CT molecular complexity index is 1320. The number of hydrogen-bond donors (Lipinski definition) is 0. The van der Waals surface area contributed by atoms with E-state index in [4.69, 9.17) is 4.42 Å². The molecule has 6 heteroatoms. The van der Waals surface area contributed by atoms with Gasteiger partial charge in [0.25, 0.3) is 11.8 Å². The maximum Gasteiger partial charge on any atom is 0.333 e. The number of barbiturate groups is 1. The normalized spacial score (nSPS) is 15.2. The molecular formula is C23H16N2O4. The Morgan fingerprint density at radius 1 is 0.828 bits per heavy atom. The van der Waals surface area contributed by atoms with E-state index < -0.39 is 17.8 Å². The summed E-state index contributed by atoms with van der Waals surface area (Å²) in [6, 6.07) is 16.8. The number of nitrogens with zero attached hydrogens (tertiary/aromatic N) is 2. The fourth-order valence-electron chi connectivity index (χ4n) is 3.82. The van der Waals surface area contributed by atoms with Crippen molar-refractivity contribution in [3.05, 3.63) is 65.7 Å². The van der Waals surface area contributed by atoms with Crippen LogP contribution in [0.25, 0.3) is 39.1 Å². The van der Waals surface area contributed by atoms with Gasteiger partial charge in [-0.2, -0.15) is 0 Å². The van der Waals surface area contributed by atoms with Crippen LogP contribution in [0.5, 0.6) is 0 Å². The van der Waals surface area contributed by atoms with Crippen molar-refractivity contribution in [3.63, 3.8) is 0 Å². The molecule has 2 aliphatic heterocycles. The first kappa shape index (κ1) is 17.2. The molecule has 2 aromatic carbocycles. The lowest BCUT2D eigenvalue weighted by atomic mass is 10.1. The van der Waals surface area contributed by atoms with Gasteiger partial charge in [-0.3, -0.25) is 19.4 Å². The molecule has 0 atom stereocenters. The standard InChI is InChI=1S/C23H16N2O4/c1-24-21(26)18(22(27)25(2)23(24)28)12-17-15-9-5-4-8-14(15)16-11-13-7-3-6-10-19(13)29-20(16)17/h3-12H,1-2H3. The number of fused-ring (bicyclic) bond motifs is 4. The summed E-state index contributed by atoms with van der Waals surface area (Å²) in [6.45, 7) is 0. The van der Waals surface area contributed by atoms with Crippen LogP contribution in [0.1, 0.15) is 5.56 Å². The van der Waals surface area contributed by atoms with Gasteiger partial charge < -0.3 is 4.42 Å². The Balaban J connectivity index is 1.83. The third kappa shape index (κ3) is 2.39. The fraction of sp³-hybridized carbons (Fsp3) is 0.0870. The third-order valence-electron chi connectivity index (χ3n) is 5.36. The first-order valence-electron chi connectivity index (χ1n) is 9.12. The number of carbonyl (C=O) groups excluding carboxylic acids is 3. The second-order valence-electron chi connectivity index (χ2n) is 7.06. The van der Waals surface area contributed by atoms with Crippen LogP contribution in [0, 0.1) is 0 Å². The molecule has 0 saturated carbocycles. The number of imide groups is 2. The summed E-state index contributed by atoms with van der Waals surface area (Å²) < 4.78 is 6.19. The van der Waals surface area contributed by atoms with Crippen LogP contribution in [-0.2, 0) is 9.59 Å². The molecule has 0 bridgehead atoms. The minimum absolute atomic E-state index is 0.0735. The molecular weight excluding hydrogens is 368 g/mol. The van der Waals surface area contributed by atoms with Crippen LogP contribution in [-0.4, -0.2) is 41.7 Å². The van der Waals surface area contributed by atoms with Crippen LogP contribution in [0.2, 0.25) is 0 Å². The molecule has 6 nitrogen and oxygen atoms in total. The van der Waals surface area contributed by atoms with Crippen molar-refractivity contribution in [2.75, 3.05) is 14.1 Å². The summed E-state index contributed by atoms with van der Waals surface area (Å²) in [5.41, 5.74) is 2.19. The van der Waals surface area contributed by atoms with Gasteiger partial charge in [0, 0.05) is 30.6 Å². The Labute approximate surface area is 165 Å². The van der Waals surface area contributed by atoms with Gasteiger partial charge in [0.1, 0.15) is 16.9 Å². The number of para-hydroxylation sites is 1. The zero-order chi connectivity index (χ0) is 20.3. The highest BCUT2D eigenvalue weighted by Crippen LogP contribution is 2.42. The number of urea groups is 1. The molecule has 0 N–H and O–H groups in total. The maximum atomic E-state index is 12.7. The third-order valence-corrected chi connectivity index (χ3v) is 5.36. The first-order chi connectivity index (χ1) is 14.0. The van der Waals surface area contributed by atoms with Gasteiger partial charge in [-0.25, -0.2) is 4.79 Å². The van der Waals surface area contributed by atoms with Gasteiger partial charge in [0.2, 0.25) is 0 Å². The zero-order valence-electron chi connectivity index (χ0n) is 15.8. The van der Waals surface area contributed by atoms with Crippen molar-refractivity contribution in [1.29, 1.82) is 0 Å². The van der Waals surface area contributed by atoms with Crippen molar-refractivity contribution in [1.82, 2.24) is 9.80 Å². The van der Waals surface area contributed by atoms with Crippen molar-refractivity contribution in [2.24, 2.45) is 0 Å². The SMILES string of the molecule is CN1C(=O)C(=Cc2c3oc4ccccc4cc-3c3ccccc23)C(=O)N(C)C1=O. The van der Waals surface area contributed by atoms with E-state index in [1.807, 2.05) is 54.6 Å². The highest BCUT2D eigenvalue weighted by molar-refractivity contribution is 6.31. The van der Waals surface area contributed by atoms with Gasteiger partial charge in [0.15, 0.2) is 0 Å². The van der Waals surface area contributed by atoms with Gasteiger partial charge in [-0.15, -0.1) is 0 Å². The Hall–Kier alpha value is -3.93. The average molecular weight is 384 g/mol. The largest absolute Gasteiger partial charge is 0.455 e. The molecule has 3 aliphatic rings. The molecule has 0 unspecified atom stereocenters. The zero-order valence-corrected chi connectivity index (χ0v) is 15.8. The highest BCUT2D eigenvalue weighted by atomic mass is 16.3. The number of benzene rings is 2. The van der Waals surface area contributed by atoms with Gasteiger partial charge in [-0.05, 0) is 29.0 Å². The Morgan fingerprint density at radius 2 is 1.45 bits per heavy atom. The number of carbonyl (C=O) groups is 3. The van der Waals surface area contributed by atoms with Crippen molar-refractivity contribution in [2.45, 2.75) is 0 Å². The van der Waals surface area contributed by atoms with E-state index in [9.17, 15) is 14.4 Å². The van der Waals surface area contributed by atoms with Gasteiger partial charge >= 0.3 is 6.03 Å². The van der Waals surface area contributed by atoms with E-state index in [1.54, 1.807) is 0 Å². The van der Waals surface area contributed by atoms with E-state index in [1.165, 1.54) is 20.2 Å². The lowest BCUT2D eigenvalue weighted by Gasteiger charge is -2.28. The summed E-state index contributed by atoms with van der Waals surface area (Å²) in [5, 5.41) is 2.80. The number of likely N-dealkylation sites (N-methyl/N-ethyl adjacent to an activating group) is 2. The second-order valence-corrected chi connectivity index (χ2v) is 7.06. The summed E-state index contributed by atoms with van der Waals surface area (Å²) in [6.07, 6.45) is 1.53. The van der Waals surface area contributed by atoms with E-state index in [2.05, 4.69) is 0 Å². The molecule has 1 aliphatic carbocycles. The first-order valence-corrected chi connectivity index (χ1v) is 9.12. The molecule has 4 amide bonds. The highest BCUT2D eigenvalue weighted by Gasteiger charge is 2.38. The van der Waals surface area contributed by atoms with Gasteiger partial charge in [0.05, 0.1) is 0 Å². The Kier molecular flexibility index (Phi) is 3.58. The van der Waals surface area contributed by atoms with E-state index >= 15 is 0 Å². The molecule has 142 valence electrons. The van der Waals surface area contributed by atoms with Crippen LogP contribution in [0.4, 0.5) is 4.79 Å². The Morgan fingerprint density at radius 3 is 2.17 bits per heavy atom. The summed E-state index contributed by atoms with van der Waals surface area (Å²) in [4.78, 5) is 39.2. The average Bonchev–Trinajstić information content (AvgIpc) is 3.05. The second kappa shape index (κ2) is 6.04. The molecule has 0 spiro atoms. The topological polar surface area (TPSA) is 70.8 Å². The quantitative estimate of drug-likeness (QED) is 0.366. The smallest absolute Gasteiger partial charge is 0.333 e. The van der Waals surface area contributed by atoms with Crippen LogP contribution < -0.4 is 0 Å². The van der Waals surface area contributed by atoms with Crippen LogP contribution in [0.3, 0.4) is 0 Å². The molecule has 29 heavy (non-hydrogen) atoms. The van der Waals surface area contributed by atoms with Crippen LogP contribution in [0.15, 0.2) is 64.6 Å². The molecule has 0 aromatic heterocycles. The van der Waals surface area contributed by atoms with Crippen molar-refractivity contribution < 1.29 is 18.8 Å².